The van der Waals surface area contributed by atoms with E-state index in [1.54, 1.807) is 0 Å². The average molecular weight is 301 g/mol. The molecule has 1 fully saturated rings. The molecule has 1 aliphatic rings. The third kappa shape index (κ3) is 3.12. The van der Waals surface area contributed by atoms with Crippen molar-refractivity contribution in [2.24, 2.45) is 0 Å². The van der Waals surface area contributed by atoms with E-state index >= 15 is 0 Å². The van der Waals surface area contributed by atoms with Crippen LogP contribution in [-0.4, -0.2) is 30.6 Å². The summed E-state index contributed by atoms with van der Waals surface area (Å²) in [6.07, 6.45) is 2.43. The van der Waals surface area contributed by atoms with Crippen LogP contribution in [-0.2, 0) is 0 Å². The minimum absolute atomic E-state index is 0.353. The predicted octanol–water partition coefficient (Wildman–Crippen LogP) is 3.18. The minimum Gasteiger partial charge on any atom is -0.453 e. The Balaban J connectivity index is 2.08. The first-order valence-electron chi connectivity index (χ1n) is 6.44. The molecule has 2 atom stereocenters. The molecule has 0 bridgehead atoms. The van der Waals surface area contributed by atoms with Gasteiger partial charge in [0.1, 0.15) is 5.76 Å². The zero-order chi connectivity index (χ0) is 12.3. The molecule has 2 unspecified atom stereocenters. The quantitative estimate of drug-likeness (QED) is 0.905. The standard InChI is InChI=1S/C13H21BrN2O/c1-3-8-16(11-6-7-15-9-11)10(2)12-4-5-13(14)17-12/h4-5,10-11,15H,3,6-9H2,1-2H3. The summed E-state index contributed by atoms with van der Waals surface area (Å²) in [6.45, 7) is 7.84. The van der Waals surface area contributed by atoms with Crippen LogP contribution in [0, 0.1) is 0 Å². The molecule has 1 N–H and O–H groups in total. The Bertz CT molecular complexity index is 347. The van der Waals surface area contributed by atoms with Crippen molar-refractivity contribution in [2.45, 2.75) is 38.8 Å². The van der Waals surface area contributed by atoms with E-state index in [0.29, 0.717) is 12.1 Å². The van der Waals surface area contributed by atoms with Crippen LogP contribution < -0.4 is 5.32 Å². The molecular formula is C13H21BrN2O. The van der Waals surface area contributed by atoms with E-state index in [1.165, 1.54) is 12.8 Å². The zero-order valence-electron chi connectivity index (χ0n) is 10.6. The fraction of sp³-hybridized carbons (Fsp3) is 0.692. The Morgan fingerprint density at radius 3 is 2.94 bits per heavy atom. The number of nitrogens with one attached hydrogen (secondary N) is 1. The molecule has 0 amide bonds. The van der Waals surface area contributed by atoms with Crippen LogP contribution in [0.15, 0.2) is 21.2 Å². The highest BCUT2D eigenvalue weighted by atomic mass is 79.9. The van der Waals surface area contributed by atoms with Crippen LogP contribution in [0.3, 0.4) is 0 Å². The van der Waals surface area contributed by atoms with Crippen LogP contribution in [0.1, 0.15) is 38.5 Å². The van der Waals surface area contributed by atoms with Crippen molar-refractivity contribution in [3.05, 3.63) is 22.6 Å². The first-order chi connectivity index (χ1) is 8.22. The van der Waals surface area contributed by atoms with E-state index in [9.17, 15) is 0 Å². The normalized spacial score (nSPS) is 22.2. The summed E-state index contributed by atoms with van der Waals surface area (Å²) in [4.78, 5) is 2.56. The van der Waals surface area contributed by atoms with Crippen molar-refractivity contribution in [2.75, 3.05) is 19.6 Å². The topological polar surface area (TPSA) is 28.4 Å². The Kier molecular flexibility index (Phi) is 4.65. The van der Waals surface area contributed by atoms with E-state index in [0.717, 1.165) is 30.1 Å². The second kappa shape index (κ2) is 6.03. The number of hydrogen-bond donors (Lipinski definition) is 1. The minimum atomic E-state index is 0.353. The molecule has 1 aliphatic heterocycles. The van der Waals surface area contributed by atoms with Gasteiger partial charge in [0.25, 0.3) is 0 Å². The molecule has 2 rings (SSSR count). The van der Waals surface area contributed by atoms with Gasteiger partial charge in [-0.05, 0) is 60.9 Å². The van der Waals surface area contributed by atoms with E-state index < -0.39 is 0 Å². The van der Waals surface area contributed by atoms with Gasteiger partial charge in [0.05, 0.1) is 6.04 Å². The number of hydrogen-bond acceptors (Lipinski definition) is 3. The Hall–Kier alpha value is -0.320. The van der Waals surface area contributed by atoms with Crippen LogP contribution in [0.5, 0.6) is 0 Å². The molecule has 0 saturated carbocycles. The Morgan fingerprint density at radius 1 is 1.59 bits per heavy atom. The summed E-state index contributed by atoms with van der Waals surface area (Å²) in [5.41, 5.74) is 0. The molecule has 4 heteroatoms. The summed E-state index contributed by atoms with van der Waals surface area (Å²) in [7, 11) is 0. The van der Waals surface area contributed by atoms with Gasteiger partial charge in [-0.25, -0.2) is 0 Å². The maximum atomic E-state index is 5.69. The summed E-state index contributed by atoms with van der Waals surface area (Å²) >= 11 is 3.37. The molecule has 1 aromatic rings. The Labute approximate surface area is 112 Å². The molecule has 96 valence electrons. The highest BCUT2D eigenvalue weighted by molar-refractivity contribution is 9.10. The highest BCUT2D eigenvalue weighted by Gasteiger charge is 2.27. The van der Waals surface area contributed by atoms with Crippen molar-refractivity contribution in [1.82, 2.24) is 10.2 Å². The molecule has 17 heavy (non-hydrogen) atoms. The van der Waals surface area contributed by atoms with Crippen LogP contribution in [0.25, 0.3) is 0 Å². The van der Waals surface area contributed by atoms with Gasteiger partial charge >= 0.3 is 0 Å². The van der Waals surface area contributed by atoms with Crippen molar-refractivity contribution >= 4 is 15.9 Å². The van der Waals surface area contributed by atoms with E-state index in [1.807, 2.05) is 6.07 Å². The third-order valence-corrected chi connectivity index (χ3v) is 3.91. The molecule has 2 heterocycles. The van der Waals surface area contributed by atoms with Gasteiger partial charge in [-0.1, -0.05) is 6.92 Å². The SMILES string of the molecule is CCCN(C1CCNC1)C(C)c1ccc(Br)o1. The molecular weight excluding hydrogens is 280 g/mol. The summed E-state index contributed by atoms with van der Waals surface area (Å²) < 4.78 is 6.51. The lowest BCUT2D eigenvalue weighted by atomic mass is 10.1. The molecule has 0 aliphatic carbocycles. The van der Waals surface area contributed by atoms with Gasteiger partial charge in [0.15, 0.2) is 4.67 Å². The van der Waals surface area contributed by atoms with Gasteiger partial charge in [-0.15, -0.1) is 0 Å². The lowest BCUT2D eigenvalue weighted by Gasteiger charge is -2.32. The largest absolute Gasteiger partial charge is 0.453 e. The molecule has 1 aromatic heterocycles. The number of furan rings is 1. The number of rotatable bonds is 5. The summed E-state index contributed by atoms with van der Waals surface area (Å²) in [5.74, 6) is 1.05. The van der Waals surface area contributed by atoms with Crippen LogP contribution >= 0.6 is 15.9 Å². The summed E-state index contributed by atoms with van der Waals surface area (Å²) in [6, 6.07) is 5.04. The van der Waals surface area contributed by atoms with Crippen molar-refractivity contribution in [3.63, 3.8) is 0 Å². The van der Waals surface area contributed by atoms with Crippen molar-refractivity contribution in [3.8, 4) is 0 Å². The monoisotopic (exact) mass is 300 g/mol. The van der Waals surface area contributed by atoms with Gasteiger partial charge in [-0.2, -0.15) is 0 Å². The van der Waals surface area contributed by atoms with Crippen LogP contribution in [0.4, 0.5) is 0 Å². The smallest absolute Gasteiger partial charge is 0.169 e. The van der Waals surface area contributed by atoms with Gasteiger partial charge in [0.2, 0.25) is 0 Å². The van der Waals surface area contributed by atoms with Crippen LogP contribution in [0.2, 0.25) is 0 Å². The lowest BCUT2D eigenvalue weighted by molar-refractivity contribution is 0.136. The van der Waals surface area contributed by atoms with E-state index in [2.05, 4.69) is 46.1 Å². The first-order valence-corrected chi connectivity index (χ1v) is 7.23. The molecule has 0 aromatic carbocycles. The second-order valence-corrected chi connectivity index (χ2v) is 5.48. The molecule has 0 spiro atoms. The Morgan fingerprint density at radius 2 is 2.41 bits per heavy atom. The van der Waals surface area contributed by atoms with E-state index in [-0.39, 0.29) is 0 Å². The van der Waals surface area contributed by atoms with Gasteiger partial charge in [0, 0.05) is 12.6 Å². The van der Waals surface area contributed by atoms with Gasteiger partial charge < -0.3 is 9.73 Å². The predicted molar refractivity (Wildman–Crippen MR) is 73.1 cm³/mol. The molecule has 1 saturated heterocycles. The lowest BCUT2D eigenvalue weighted by Crippen LogP contribution is -2.39. The molecule has 3 nitrogen and oxygen atoms in total. The summed E-state index contributed by atoms with van der Waals surface area (Å²) in [5, 5.41) is 3.44. The number of nitrogens with zero attached hydrogens (tertiary/aromatic N) is 1. The second-order valence-electron chi connectivity index (χ2n) is 4.70. The number of halogens is 1. The highest BCUT2D eigenvalue weighted by Crippen LogP contribution is 2.28. The van der Waals surface area contributed by atoms with E-state index in [4.69, 9.17) is 4.42 Å². The van der Waals surface area contributed by atoms with Crippen molar-refractivity contribution in [1.29, 1.82) is 0 Å². The van der Waals surface area contributed by atoms with Crippen molar-refractivity contribution < 1.29 is 4.42 Å². The fourth-order valence-corrected chi connectivity index (χ4v) is 2.91. The average Bonchev–Trinajstić information content (AvgIpc) is 2.95. The first kappa shape index (κ1) is 13.1. The fourth-order valence-electron chi connectivity index (χ4n) is 2.59. The third-order valence-electron chi connectivity index (χ3n) is 3.49. The maximum absolute atomic E-state index is 5.69. The zero-order valence-corrected chi connectivity index (χ0v) is 12.2. The van der Waals surface area contributed by atoms with Gasteiger partial charge in [-0.3, -0.25) is 4.90 Å². The maximum Gasteiger partial charge on any atom is 0.169 e. The molecule has 0 radical (unpaired) electrons.